The summed E-state index contributed by atoms with van der Waals surface area (Å²) >= 11 is 0. The van der Waals surface area contributed by atoms with Crippen LogP contribution in [0.1, 0.15) is 82.4 Å². The average molecular weight is 423 g/mol. The maximum absolute atomic E-state index is 13.9. The molecule has 0 bridgehead atoms. The zero-order valence-electron chi connectivity index (χ0n) is 19.5. The van der Waals surface area contributed by atoms with Gasteiger partial charge in [-0.3, -0.25) is 9.59 Å². The molecule has 0 aromatic heterocycles. The highest BCUT2D eigenvalue weighted by Crippen LogP contribution is 2.37. The first kappa shape index (κ1) is 22.1. The van der Waals surface area contributed by atoms with Crippen molar-refractivity contribution in [3.05, 3.63) is 47.0 Å². The Bertz CT molecular complexity index is 828. The monoisotopic (exact) mass is 422 g/mol. The fourth-order valence-corrected chi connectivity index (χ4v) is 5.74. The predicted octanol–water partition coefficient (Wildman–Crippen LogP) is 5.42. The third kappa shape index (κ3) is 4.73. The van der Waals surface area contributed by atoms with E-state index < -0.39 is 6.04 Å². The molecule has 1 saturated carbocycles. The summed E-state index contributed by atoms with van der Waals surface area (Å²) in [6.07, 6.45) is 11.4. The highest BCUT2D eigenvalue weighted by molar-refractivity contribution is 5.95. The second kappa shape index (κ2) is 9.58. The summed E-state index contributed by atoms with van der Waals surface area (Å²) in [6, 6.07) is 7.87. The van der Waals surface area contributed by atoms with Crippen LogP contribution < -0.4 is 0 Å². The third-order valence-corrected chi connectivity index (χ3v) is 7.97. The minimum atomic E-state index is -0.490. The van der Waals surface area contributed by atoms with Crippen molar-refractivity contribution in [1.29, 1.82) is 0 Å². The third-order valence-electron chi connectivity index (χ3n) is 7.97. The Kier molecular flexibility index (Phi) is 6.83. The van der Waals surface area contributed by atoms with E-state index in [0.717, 1.165) is 37.7 Å². The molecule has 2 aliphatic carbocycles. The minimum absolute atomic E-state index is 0.104. The first-order chi connectivity index (χ1) is 15.0. The Hall–Kier alpha value is -2.10. The van der Waals surface area contributed by atoms with E-state index in [4.69, 9.17) is 0 Å². The largest absolute Gasteiger partial charge is 0.328 e. The van der Waals surface area contributed by atoms with Gasteiger partial charge in [-0.2, -0.15) is 0 Å². The van der Waals surface area contributed by atoms with Gasteiger partial charge >= 0.3 is 0 Å². The highest BCUT2D eigenvalue weighted by atomic mass is 16.2. The molecular formula is C27H38N2O2. The number of carbonyl (C=O) groups is 2. The van der Waals surface area contributed by atoms with E-state index in [-0.39, 0.29) is 24.4 Å². The van der Waals surface area contributed by atoms with Gasteiger partial charge in [0.05, 0.1) is 0 Å². The number of benzene rings is 1. The molecule has 3 aliphatic rings. The molecule has 168 valence electrons. The van der Waals surface area contributed by atoms with E-state index in [9.17, 15) is 9.59 Å². The summed E-state index contributed by atoms with van der Waals surface area (Å²) in [4.78, 5) is 31.1. The SMILES string of the molecule is Cc1ccc(C2C(=O)N(C3CCCC(C)C3C)CC(=O)N2CCC2=CCCCC2)cc1. The van der Waals surface area contributed by atoms with Crippen LogP contribution in [0.15, 0.2) is 35.9 Å². The van der Waals surface area contributed by atoms with Gasteiger partial charge in [-0.1, -0.05) is 68.2 Å². The van der Waals surface area contributed by atoms with Crippen molar-refractivity contribution in [2.75, 3.05) is 13.1 Å². The summed E-state index contributed by atoms with van der Waals surface area (Å²) in [5.74, 6) is 1.25. The molecule has 4 nitrogen and oxygen atoms in total. The fraction of sp³-hybridized carbons (Fsp3) is 0.630. The van der Waals surface area contributed by atoms with Crippen LogP contribution in [0.5, 0.6) is 0 Å². The second-order valence-electron chi connectivity index (χ2n) is 10.1. The number of hydrogen-bond donors (Lipinski definition) is 0. The van der Waals surface area contributed by atoms with E-state index >= 15 is 0 Å². The topological polar surface area (TPSA) is 40.6 Å². The summed E-state index contributed by atoms with van der Waals surface area (Å²) < 4.78 is 0. The lowest BCUT2D eigenvalue weighted by Gasteiger charge is -2.47. The van der Waals surface area contributed by atoms with Gasteiger partial charge in [0.2, 0.25) is 5.91 Å². The van der Waals surface area contributed by atoms with E-state index in [1.54, 1.807) is 0 Å². The molecule has 0 spiro atoms. The van der Waals surface area contributed by atoms with E-state index in [1.165, 1.54) is 30.4 Å². The molecule has 1 saturated heterocycles. The highest BCUT2D eigenvalue weighted by Gasteiger charge is 2.45. The van der Waals surface area contributed by atoms with Crippen LogP contribution in [0.2, 0.25) is 0 Å². The van der Waals surface area contributed by atoms with Gasteiger partial charge in [-0.05, 0) is 62.8 Å². The Morgan fingerprint density at radius 1 is 1.00 bits per heavy atom. The van der Waals surface area contributed by atoms with E-state index in [0.29, 0.717) is 18.4 Å². The van der Waals surface area contributed by atoms with Crippen molar-refractivity contribution in [1.82, 2.24) is 9.80 Å². The Balaban J connectivity index is 1.60. The number of piperazine rings is 1. The van der Waals surface area contributed by atoms with Crippen molar-refractivity contribution in [2.45, 2.75) is 84.2 Å². The fourth-order valence-electron chi connectivity index (χ4n) is 5.74. The van der Waals surface area contributed by atoms with Crippen molar-refractivity contribution in [3.8, 4) is 0 Å². The van der Waals surface area contributed by atoms with Gasteiger partial charge < -0.3 is 9.80 Å². The summed E-state index contributed by atoms with van der Waals surface area (Å²) in [5.41, 5.74) is 3.57. The first-order valence-corrected chi connectivity index (χ1v) is 12.3. The van der Waals surface area contributed by atoms with Crippen LogP contribution in [-0.2, 0) is 9.59 Å². The van der Waals surface area contributed by atoms with Crippen molar-refractivity contribution < 1.29 is 9.59 Å². The average Bonchev–Trinajstić information content (AvgIpc) is 2.77. The summed E-state index contributed by atoms with van der Waals surface area (Å²) in [7, 11) is 0. The number of nitrogens with zero attached hydrogens (tertiary/aromatic N) is 2. The number of hydrogen-bond acceptors (Lipinski definition) is 2. The number of rotatable bonds is 5. The Labute approximate surface area is 187 Å². The normalized spacial score (nSPS) is 29.8. The van der Waals surface area contributed by atoms with Crippen molar-refractivity contribution in [2.24, 2.45) is 11.8 Å². The first-order valence-electron chi connectivity index (χ1n) is 12.3. The van der Waals surface area contributed by atoms with Crippen LogP contribution in [0.3, 0.4) is 0 Å². The maximum atomic E-state index is 13.9. The van der Waals surface area contributed by atoms with Gasteiger partial charge in [0.1, 0.15) is 12.6 Å². The number of allylic oxidation sites excluding steroid dienone is 1. The van der Waals surface area contributed by atoms with Crippen molar-refractivity contribution in [3.63, 3.8) is 0 Å². The molecule has 4 rings (SSSR count). The van der Waals surface area contributed by atoms with E-state index in [2.05, 4.69) is 39.0 Å². The van der Waals surface area contributed by atoms with Crippen LogP contribution in [0, 0.1) is 18.8 Å². The molecule has 1 heterocycles. The molecule has 2 fully saturated rings. The lowest BCUT2D eigenvalue weighted by Crippen LogP contribution is -2.60. The molecule has 31 heavy (non-hydrogen) atoms. The second-order valence-corrected chi connectivity index (χ2v) is 10.1. The minimum Gasteiger partial charge on any atom is -0.328 e. The zero-order valence-corrected chi connectivity index (χ0v) is 19.5. The predicted molar refractivity (Wildman–Crippen MR) is 124 cm³/mol. The van der Waals surface area contributed by atoms with Gasteiger partial charge in [0, 0.05) is 12.6 Å². The van der Waals surface area contributed by atoms with Crippen LogP contribution in [0.25, 0.3) is 0 Å². The molecule has 0 radical (unpaired) electrons. The van der Waals surface area contributed by atoms with Crippen molar-refractivity contribution >= 4 is 11.8 Å². The molecule has 0 N–H and O–H groups in total. The number of carbonyl (C=O) groups excluding carboxylic acids is 2. The number of amides is 2. The van der Waals surface area contributed by atoms with Crippen LogP contribution in [0.4, 0.5) is 0 Å². The van der Waals surface area contributed by atoms with Gasteiger partial charge in [0.25, 0.3) is 5.91 Å². The smallest absolute Gasteiger partial charge is 0.250 e. The van der Waals surface area contributed by atoms with Gasteiger partial charge in [-0.15, -0.1) is 0 Å². The lowest BCUT2D eigenvalue weighted by atomic mass is 9.76. The lowest BCUT2D eigenvalue weighted by molar-refractivity contribution is -0.160. The standard InChI is InChI=1S/C27H38N2O2/c1-19-12-14-23(15-13-19)26-27(31)29(24-11-7-8-20(2)21(24)3)18-25(30)28(26)17-16-22-9-5-4-6-10-22/h9,12-15,20-21,24,26H,4-8,10-11,16-18H2,1-3H3. The zero-order chi connectivity index (χ0) is 22.0. The molecule has 4 unspecified atom stereocenters. The molecular weight excluding hydrogens is 384 g/mol. The van der Waals surface area contributed by atoms with Gasteiger partial charge in [0.15, 0.2) is 0 Å². The summed E-state index contributed by atoms with van der Waals surface area (Å²) in [5, 5.41) is 0. The molecule has 4 heteroatoms. The molecule has 4 atom stereocenters. The van der Waals surface area contributed by atoms with Gasteiger partial charge in [-0.25, -0.2) is 0 Å². The summed E-state index contributed by atoms with van der Waals surface area (Å²) in [6.45, 7) is 7.48. The Morgan fingerprint density at radius 2 is 1.77 bits per heavy atom. The molecule has 1 aromatic rings. The molecule has 2 amide bonds. The van der Waals surface area contributed by atoms with Crippen LogP contribution in [-0.4, -0.2) is 40.7 Å². The van der Waals surface area contributed by atoms with E-state index in [1.807, 2.05) is 21.9 Å². The molecule has 1 aromatic carbocycles. The Morgan fingerprint density at radius 3 is 2.48 bits per heavy atom. The quantitative estimate of drug-likeness (QED) is 0.594. The van der Waals surface area contributed by atoms with Crippen LogP contribution >= 0.6 is 0 Å². The molecule has 1 aliphatic heterocycles. The maximum Gasteiger partial charge on any atom is 0.250 e. The number of aryl methyl sites for hydroxylation is 1.